The Morgan fingerprint density at radius 2 is 1.50 bits per heavy atom. The molecule has 0 aromatic heterocycles. The fourth-order valence-electron chi connectivity index (χ4n) is 4.50. The van der Waals surface area contributed by atoms with Crippen molar-refractivity contribution in [3.05, 3.63) is 61.8 Å². The van der Waals surface area contributed by atoms with Crippen molar-refractivity contribution in [2.75, 3.05) is 26.3 Å². The van der Waals surface area contributed by atoms with Crippen LogP contribution in [0.1, 0.15) is 12.8 Å². The number of ketones is 1. The highest BCUT2D eigenvalue weighted by Gasteiger charge is 2.45. The van der Waals surface area contributed by atoms with Crippen molar-refractivity contribution in [1.29, 1.82) is 0 Å². The van der Waals surface area contributed by atoms with Gasteiger partial charge in [0, 0.05) is 19.5 Å². The van der Waals surface area contributed by atoms with E-state index in [4.69, 9.17) is 20.9 Å². The molecule has 4 aliphatic heterocycles. The number of nitrogens with zero attached hydrogens (tertiary/aromatic N) is 2. The summed E-state index contributed by atoms with van der Waals surface area (Å²) < 4.78 is 10.0. The third kappa shape index (κ3) is 6.51. The van der Waals surface area contributed by atoms with Crippen molar-refractivity contribution in [1.82, 2.24) is 31.1 Å². The highest BCUT2D eigenvalue weighted by Crippen LogP contribution is 2.23. The normalized spacial score (nSPS) is 29.9. The summed E-state index contributed by atoms with van der Waals surface area (Å²) in [4.78, 5) is 38.2. The second-order valence-electron chi connectivity index (χ2n) is 9.04. The number of amides is 2. The van der Waals surface area contributed by atoms with Crippen LogP contribution >= 0.6 is 0 Å². The number of hydrogen-bond donors (Lipinski definition) is 7. The Bertz CT molecular complexity index is 1030. The van der Waals surface area contributed by atoms with Gasteiger partial charge >= 0.3 is 12.2 Å². The van der Waals surface area contributed by atoms with Gasteiger partial charge in [0.2, 0.25) is 0 Å². The van der Waals surface area contributed by atoms with Crippen LogP contribution < -0.4 is 32.7 Å². The second-order valence-corrected chi connectivity index (χ2v) is 9.04. The van der Waals surface area contributed by atoms with E-state index in [-0.39, 0.29) is 49.4 Å². The van der Waals surface area contributed by atoms with Crippen molar-refractivity contribution in [2.45, 2.75) is 43.1 Å². The van der Waals surface area contributed by atoms with E-state index in [9.17, 15) is 19.5 Å². The highest BCUT2D eigenvalue weighted by atomic mass is 16.6. The number of carbonyl (C=O) groups excluding carboxylic acids is 3. The van der Waals surface area contributed by atoms with Crippen molar-refractivity contribution in [3.63, 3.8) is 0 Å². The molecule has 0 aromatic rings. The van der Waals surface area contributed by atoms with Crippen LogP contribution in [0.15, 0.2) is 61.8 Å². The smallest absolute Gasteiger partial charge is 0.415 e. The summed E-state index contributed by atoms with van der Waals surface area (Å²) in [6.45, 7) is 16.1. The number of aliphatic hydroxyl groups is 1. The third-order valence-electron chi connectivity index (χ3n) is 6.28. The first-order valence-corrected chi connectivity index (χ1v) is 12.1. The molecule has 3 fully saturated rings. The molecule has 4 rings (SSSR count). The van der Waals surface area contributed by atoms with E-state index in [1.807, 2.05) is 12.2 Å². The Kier molecular flexibility index (Phi) is 9.12. The number of Topliss-reactive ketones (excluding diaryl/α,β-unsaturated/α-hetero) is 1. The molecule has 0 spiro atoms. The number of nitrogens with one attached hydrogen (secondary N) is 4. The van der Waals surface area contributed by atoms with Crippen LogP contribution in [0.4, 0.5) is 9.59 Å². The fraction of sp³-hybridized carbons (Fsp3) is 0.458. The molecular weight excluding hydrogens is 496 g/mol. The predicted molar refractivity (Wildman–Crippen MR) is 138 cm³/mol. The maximum absolute atomic E-state index is 11.9. The molecule has 0 bridgehead atoms. The molecule has 4 heterocycles. The molecule has 0 saturated carbocycles. The van der Waals surface area contributed by atoms with E-state index in [0.29, 0.717) is 24.1 Å². The molecule has 0 aliphatic carbocycles. The van der Waals surface area contributed by atoms with Gasteiger partial charge in [-0.1, -0.05) is 38.5 Å². The zero-order valence-electron chi connectivity index (χ0n) is 21.2. The second kappa shape index (κ2) is 12.3. The Labute approximate surface area is 221 Å². The molecule has 0 radical (unpaired) electrons. The van der Waals surface area contributed by atoms with Crippen LogP contribution in [0.25, 0.3) is 0 Å². The largest absolute Gasteiger partial charge is 0.447 e. The van der Waals surface area contributed by atoms with Crippen molar-refractivity contribution >= 4 is 18.0 Å². The lowest BCUT2D eigenvalue weighted by atomic mass is 9.97. The first-order chi connectivity index (χ1) is 18.0. The predicted octanol–water partition coefficient (Wildman–Crippen LogP) is -1.19. The lowest BCUT2D eigenvalue weighted by Gasteiger charge is -2.32. The van der Waals surface area contributed by atoms with E-state index in [1.54, 1.807) is 0 Å². The molecule has 9 N–H and O–H groups in total. The number of carbonyl (C=O) groups is 3. The van der Waals surface area contributed by atoms with Gasteiger partial charge in [-0.05, 0) is 6.42 Å². The summed E-state index contributed by atoms with van der Waals surface area (Å²) in [6, 6.07) is -1.71. The molecule has 14 heteroatoms. The first-order valence-electron chi connectivity index (χ1n) is 12.1. The molecule has 3 saturated heterocycles. The van der Waals surface area contributed by atoms with Crippen LogP contribution in [-0.2, 0) is 14.3 Å². The van der Waals surface area contributed by atoms with E-state index in [2.05, 4.69) is 47.6 Å². The minimum Gasteiger partial charge on any atom is -0.447 e. The summed E-state index contributed by atoms with van der Waals surface area (Å²) in [5.74, 6) is 0.987. The summed E-state index contributed by atoms with van der Waals surface area (Å²) in [6.07, 6.45) is 2.70. The van der Waals surface area contributed by atoms with Gasteiger partial charge < -0.3 is 47.3 Å². The Hall–Kier alpha value is -4.33. The summed E-state index contributed by atoms with van der Waals surface area (Å²) in [5, 5.41) is 21.9. The van der Waals surface area contributed by atoms with Gasteiger partial charge in [-0.2, -0.15) is 0 Å². The topological polar surface area (TPSA) is 197 Å². The average molecular weight is 533 g/mol. The van der Waals surface area contributed by atoms with Crippen LogP contribution in [0.5, 0.6) is 0 Å². The van der Waals surface area contributed by atoms with Crippen LogP contribution in [0, 0.1) is 0 Å². The molecule has 208 valence electrons. The molecule has 0 aromatic carbocycles. The molecule has 38 heavy (non-hydrogen) atoms. The van der Waals surface area contributed by atoms with Crippen LogP contribution in [-0.4, -0.2) is 89.5 Å². The van der Waals surface area contributed by atoms with Gasteiger partial charge in [-0.3, -0.25) is 14.6 Å². The number of fused-ring (bicyclic) bond motifs is 2. The number of hydrogen-bond acceptors (Lipinski definition) is 12. The number of rotatable bonds is 4. The first kappa shape index (κ1) is 28.2. The van der Waals surface area contributed by atoms with Crippen molar-refractivity contribution in [3.8, 4) is 0 Å². The minimum absolute atomic E-state index is 0.0226. The van der Waals surface area contributed by atoms with Gasteiger partial charge in [0.05, 0.1) is 35.8 Å². The van der Waals surface area contributed by atoms with E-state index in [0.717, 1.165) is 13.0 Å². The lowest BCUT2D eigenvalue weighted by Crippen LogP contribution is -2.57. The monoisotopic (exact) mass is 532 g/mol. The highest BCUT2D eigenvalue weighted by molar-refractivity contribution is 5.84. The van der Waals surface area contributed by atoms with Crippen molar-refractivity contribution < 1.29 is 29.0 Å². The van der Waals surface area contributed by atoms with Gasteiger partial charge in [-0.25, -0.2) is 9.59 Å². The standard InChI is InChI=1S/C12H18N4O4.C12H18N4O2/c1-6(13)15-10-8-5-20-12(19)16(8)7(2)14-4-3-9(17)11(10)18;1-8(13)15-10-5-3-4-6-14-9(2)16-11(10)7-18-12(16)17/h8,10-11,14-15,18H,1-5,13H2;3,5,10-11,14-15H,1-2,4,6-7,13H2/b;5-3-/t8?,10-,11-;10-,11?/m01/s1. The Balaban J connectivity index is 0.000000212. The van der Waals surface area contributed by atoms with Crippen LogP contribution in [0.2, 0.25) is 0 Å². The fourth-order valence-corrected chi connectivity index (χ4v) is 4.50. The number of nitrogens with two attached hydrogens (primary N) is 2. The zero-order valence-corrected chi connectivity index (χ0v) is 21.2. The Morgan fingerprint density at radius 1 is 0.947 bits per heavy atom. The maximum Gasteiger partial charge on any atom is 0.415 e. The number of cyclic esters (lactones) is 2. The molecule has 2 unspecified atom stereocenters. The number of aliphatic hydroxyl groups excluding tert-OH is 1. The van der Waals surface area contributed by atoms with E-state index < -0.39 is 24.3 Å². The molecular formula is C24H36N8O6. The van der Waals surface area contributed by atoms with E-state index >= 15 is 0 Å². The van der Waals surface area contributed by atoms with Crippen LogP contribution in [0.3, 0.4) is 0 Å². The van der Waals surface area contributed by atoms with Crippen molar-refractivity contribution in [2.24, 2.45) is 11.5 Å². The lowest BCUT2D eigenvalue weighted by molar-refractivity contribution is -0.128. The SMILES string of the molecule is C=C(N)N[C@@H]1/C=C\CCNC(=C)N2C(=O)OCC12.C=C(N)N[C@H]1C2COC(=O)N2C(=C)NCCC(=O)[C@@H]1O. The van der Waals surface area contributed by atoms with Gasteiger partial charge in [0.25, 0.3) is 0 Å². The molecule has 14 nitrogen and oxygen atoms in total. The summed E-state index contributed by atoms with van der Waals surface area (Å²) in [5.41, 5.74) is 11.1. The van der Waals surface area contributed by atoms with Gasteiger partial charge in [0.1, 0.15) is 31.0 Å². The molecule has 5 atom stereocenters. The molecule has 4 aliphatic rings. The quantitative estimate of drug-likeness (QED) is 0.214. The molecule has 2 amide bonds. The zero-order chi connectivity index (χ0) is 28.0. The maximum atomic E-state index is 11.9. The van der Waals surface area contributed by atoms with Gasteiger partial charge in [0.15, 0.2) is 5.78 Å². The van der Waals surface area contributed by atoms with E-state index in [1.165, 1.54) is 9.80 Å². The average Bonchev–Trinajstić information content (AvgIpc) is 3.44. The third-order valence-corrected chi connectivity index (χ3v) is 6.28. The number of ether oxygens (including phenoxy) is 2. The Morgan fingerprint density at radius 3 is 2.11 bits per heavy atom. The summed E-state index contributed by atoms with van der Waals surface area (Å²) in [7, 11) is 0. The van der Waals surface area contributed by atoms with Gasteiger partial charge in [-0.15, -0.1) is 0 Å². The summed E-state index contributed by atoms with van der Waals surface area (Å²) >= 11 is 0. The minimum atomic E-state index is -1.31.